The van der Waals surface area contributed by atoms with E-state index >= 15 is 0 Å². The van der Waals surface area contributed by atoms with E-state index in [-0.39, 0.29) is 11.8 Å². The summed E-state index contributed by atoms with van der Waals surface area (Å²) in [5.74, 6) is 0.0791. The maximum Gasteiger partial charge on any atom is 0.255 e. The molecule has 0 saturated carbocycles. The van der Waals surface area contributed by atoms with Crippen LogP contribution in [0, 0.1) is 0 Å². The average molecular weight is 334 g/mol. The van der Waals surface area contributed by atoms with E-state index in [1.807, 2.05) is 41.1 Å². The van der Waals surface area contributed by atoms with Gasteiger partial charge in [0.2, 0.25) is 0 Å². The van der Waals surface area contributed by atoms with E-state index in [4.69, 9.17) is 0 Å². The van der Waals surface area contributed by atoms with E-state index in [0.29, 0.717) is 18.7 Å². The summed E-state index contributed by atoms with van der Waals surface area (Å²) in [6.07, 6.45) is 3.38. The SMILES string of the molecule is CC(C)c1c(C(=O)NCc2ccccn2)cnn1Cc1ccccc1. The first-order valence-electron chi connectivity index (χ1n) is 8.43. The van der Waals surface area contributed by atoms with Gasteiger partial charge in [-0.05, 0) is 23.6 Å². The van der Waals surface area contributed by atoms with Gasteiger partial charge in [0.25, 0.3) is 5.91 Å². The summed E-state index contributed by atoms with van der Waals surface area (Å²) in [4.78, 5) is 16.8. The molecule has 0 aliphatic heterocycles. The quantitative estimate of drug-likeness (QED) is 0.752. The molecule has 0 radical (unpaired) electrons. The molecule has 1 aromatic carbocycles. The van der Waals surface area contributed by atoms with Crippen molar-refractivity contribution in [2.75, 3.05) is 0 Å². The van der Waals surface area contributed by atoms with Crippen molar-refractivity contribution in [3.05, 3.63) is 83.4 Å². The van der Waals surface area contributed by atoms with Gasteiger partial charge in [-0.1, -0.05) is 50.2 Å². The fourth-order valence-corrected chi connectivity index (χ4v) is 2.83. The van der Waals surface area contributed by atoms with Crippen LogP contribution in [-0.2, 0) is 13.1 Å². The molecule has 5 heteroatoms. The molecule has 1 N–H and O–H groups in total. The molecule has 0 spiro atoms. The number of aromatic nitrogens is 3. The van der Waals surface area contributed by atoms with Crippen LogP contribution in [0.25, 0.3) is 0 Å². The minimum absolute atomic E-state index is 0.117. The van der Waals surface area contributed by atoms with Gasteiger partial charge in [0.15, 0.2) is 0 Å². The second kappa shape index (κ2) is 7.75. The Kier molecular flexibility index (Phi) is 5.23. The Hall–Kier alpha value is -2.95. The Labute approximate surface area is 147 Å². The van der Waals surface area contributed by atoms with Crippen LogP contribution >= 0.6 is 0 Å². The molecule has 0 atom stereocenters. The summed E-state index contributed by atoms with van der Waals surface area (Å²) < 4.78 is 1.91. The fraction of sp³-hybridized carbons (Fsp3) is 0.250. The highest BCUT2D eigenvalue weighted by Crippen LogP contribution is 2.20. The summed E-state index contributed by atoms with van der Waals surface area (Å²) in [6.45, 7) is 5.21. The highest BCUT2D eigenvalue weighted by Gasteiger charge is 2.20. The Morgan fingerprint density at radius 1 is 1.12 bits per heavy atom. The molecular formula is C20H22N4O. The molecule has 0 unspecified atom stereocenters. The molecule has 0 saturated heterocycles. The number of nitrogens with zero attached hydrogens (tertiary/aromatic N) is 3. The smallest absolute Gasteiger partial charge is 0.255 e. The van der Waals surface area contributed by atoms with Crippen molar-refractivity contribution < 1.29 is 4.79 Å². The highest BCUT2D eigenvalue weighted by molar-refractivity contribution is 5.95. The van der Waals surface area contributed by atoms with Crippen molar-refractivity contribution in [3.63, 3.8) is 0 Å². The Morgan fingerprint density at radius 3 is 2.56 bits per heavy atom. The zero-order chi connectivity index (χ0) is 17.6. The highest BCUT2D eigenvalue weighted by atomic mass is 16.1. The van der Waals surface area contributed by atoms with Crippen molar-refractivity contribution >= 4 is 5.91 Å². The zero-order valence-electron chi connectivity index (χ0n) is 14.5. The number of hydrogen-bond acceptors (Lipinski definition) is 3. The van der Waals surface area contributed by atoms with Gasteiger partial charge in [0, 0.05) is 6.20 Å². The molecule has 1 amide bonds. The summed E-state index contributed by atoms with van der Waals surface area (Å²) in [7, 11) is 0. The molecule has 5 nitrogen and oxygen atoms in total. The van der Waals surface area contributed by atoms with Crippen LogP contribution in [0.4, 0.5) is 0 Å². The predicted molar refractivity (Wildman–Crippen MR) is 97.3 cm³/mol. The molecule has 25 heavy (non-hydrogen) atoms. The van der Waals surface area contributed by atoms with E-state index in [1.165, 1.54) is 0 Å². The lowest BCUT2D eigenvalue weighted by atomic mass is 10.0. The molecule has 0 aliphatic carbocycles. The molecule has 0 bridgehead atoms. The van der Waals surface area contributed by atoms with Gasteiger partial charge in [-0.3, -0.25) is 14.5 Å². The van der Waals surface area contributed by atoms with Crippen LogP contribution in [0.5, 0.6) is 0 Å². The van der Waals surface area contributed by atoms with Crippen LogP contribution < -0.4 is 5.32 Å². The second-order valence-corrected chi connectivity index (χ2v) is 6.25. The van der Waals surface area contributed by atoms with Gasteiger partial charge >= 0.3 is 0 Å². The van der Waals surface area contributed by atoms with Crippen molar-refractivity contribution in [3.8, 4) is 0 Å². The Morgan fingerprint density at radius 2 is 1.88 bits per heavy atom. The molecule has 0 aliphatic rings. The average Bonchev–Trinajstić information content (AvgIpc) is 3.05. The molecular weight excluding hydrogens is 312 g/mol. The molecule has 3 aromatic rings. The van der Waals surface area contributed by atoms with Crippen LogP contribution in [0.15, 0.2) is 60.9 Å². The van der Waals surface area contributed by atoms with E-state index in [0.717, 1.165) is 17.0 Å². The topological polar surface area (TPSA) is 59.8 Å². The number of benzene rings is 1. The summed E-state index contributed by atoms with van der Waals surface area (Å²) >= 11 is 0. The van der Waals surface area contributed by atoms with Gasteiger partial charge in [-0.2, -0.15) is 5.10 Å². The third-order valence-electron chi connectivity index (χ3n) is 4.00. The van der Waals surface area contributed by atoms with Crippen molar-refractivity contribution in [1.29, 1.82) is 0 Å². The molecule has 0 fully saturated rings. The van der Waals surface area contributed by atoms with E-state index < -0.39 is 0 Å². The van der Waals surface area contributed by atoms with Crippen molar-refractivity contribution in [2.24, 2.45) is 0 Å². The van der Waals surface area contributed by atoms with Crippen LogP contribution in [0.2, 0.25) is 0 Å². The first-order chi connectivity index (χ1) is 12.1. The lowest BCUT2D eigenvalue weighted by molar-refractivity contribution is 0.0949. The van der Waals surface area contributed by atoms with E-state index in [1.54, 1.807) is 12.4 Å². The minimum atomic E-state index is -0.117. The lowest BCUT2D eigenvalue weighted by Gasteiger charge is -2.13. The number of pyridine rings is 1. The number of nitrogens with one attached hydrogen (secondary N) is 1. The van der Waals surface area contributed by atoms with Crippen molar-refractivity contribution in [1.82, 2.24) is 20.1 Å². The number of hydrogen-bond donors (Lipinski definition) is 1. The molecule has 2 aromatic heterocycles. The Bertz CT molecular complexity index is 825. The first-order valence-corrected chi connectivity index (χ1v) is 8.43. The van der Waals surface area contributed by atoms with Crippen LogP contribution in [-0.4, -0.2) is 20.7 Å². The summed E-state index contributed by atoms with van der Waals surface area (Å²) in [6, 6.07) is 15.8. The Balaban J connectivity index is 1.78. The monoisotopic (exact) mass is 334 g/mol. The summed E-state index contributed by atoms with van der Waals surface area (Å²) in [5, 5.41) is 7.38. The third kappa shape index (κ3) is 4.12. The second-order valence-electron chi connectivity index (χ2n) is 6.25. The maximum atomic E-state index is 12.6. The van der Waals surface area contributed by atoms with Gasteiger partial charge in [0.05, 0.1) is 36.2 Å². The fourth-order valence-electron chi connectivity index (χ4n) is 2.83. The molecule has 128 valence electrons. The zero-order valence-corrected chi connectivity index (χ0v) is 14.5. The van der Waals surface area contributed by atoms with Gasteiger partial charge in [-0.25, -0.2) is 0 Å². The maximum absolute atomic E-state index is 12.6. The minimum Gasteiger partial charge on any atom is -0.346 e. The first kappa shape index (κ1) is 16.9. The number of carbonyl (C=O) groups is 1. The molecule has 2 heterocycles. The third-order valence-corrected chi connectivity index (χ3v) is 4.00. The molecule has 3 rings (SSSR count). The normalized spacial score (nSPS) is 10.8. The van der Waals surface area contributed by atoms with Crippen LogP contribution in [0.3, 0.4) is 0 Å². The van der Waals surface area contributed by atoms with Gasteiger partial charge < -0.3 is 5.32 Å². The number of rotatable bonds is 6. The number of carbonyl (C=O) groups excluding carboxylic acids is 1. The van der Waals surface area contributed by atoms with Crippen molar-refractivity contribution in [2.45, 2.75) is 32.9 Å². The van der Waals surface area contributed by atoms with E-state index in [2.05, 4.69) is 41.4 Å². The van der Waals surface area contributed by atoms with Crippen LogP contribution in [0.1, 0.15) is 47.1 Å². The largest absolute Gasteiger partial charge is 0.346 e. The predicted octanol–water partition coefficient (Wildman–Crippen LogP) is 3.38. The van der Waals surface area contributed by atoms with E-state index in [9.17, 15) is 4.79 Å². The summed E-state index contributed by atoms with van der Waals surface area (Å²) in [5.41, 5.74) is 3.57. The lowest BCUT2D eigenvalue weighted by Crippen LogP contribution is -2.24. The number of amides is 1. The van der Waals surface area contributed by atoms with Gasteiger partial charge in [-0.15, -0.1) is 0 Å². The van der Waals surface area contributed by atoms with Gasteiger partial charge in [0.1, 0.15) is 0 Å². The standard InChI is InChI=1S/C20H22N4O/c1-15(2)19-18(20(25)22-12-17-10-6-7-11-21-17)13-23-24(19)14-16-8-4-3-5-9-16/h3-11,13,15H,12,14H2,1-2H3,(H,22,25).